The summed E-state index contributed by atoms with van der Waals surface area (Å²) in [5, 5.41) is 1.29. The van der Waals surface area contributed by atoms with Crippen LogP contribution in [0.4, 0.5) is 0 Å². The molecule has 0 spiro atoms. The molecule has 0 amide bonds. The summed E-state index contributed by atoms with van der Waals surface area (Å²) >= 11 is 0. The first kappa shape index (κ1) is 15.0. The highest BCUT2D eigenvalue weighted by molar-refractivity contribution is 5.80. The predicted octanol–water partition coefficient (Wildman–Crippen LogP) is 2.20. The second kappa shape index (κ2) is 8.04. The highest BCUT2D eigenvalue weighted by Crippen LogP contribution is 2.18. The van der Waals surface area contributed by atoms with Crippen molar-refractivity contribution < 1.29 is 9.47 Å². The molecule has 2 aromatic rings. The van der Waals surface area contributed by atoms with Crippen molar-refractivity contribution in [3.05, 3.63) is 36.0 Å². The lowest BCUT2D eigenvalue weighted by molar-refractivity contribution is 0.0681. The lowest BCUT2D eigenvalue weighted by atomic mass is 10.1. The fourth-order valence-electron chi connectivity index (χ4n) is 2.35. The Hall–Kier alpha value is -1.36. The Kier molecular flexibility index (Phi) is 6.05. The van der Waals surface area contributed by atoms with E-state index < -0.39 is 0 Å². The molecule has 4 heteroatoms. The van der Waals surface area contributed by atoms with Crippen molar-refractivity contribution in [2.75, 3.05) is 33.5 Å². The minimum absolute atomic E-state index is 0.663. The van der Waals surface area contributed by atoms with Crippen molar-refractivity contribution in [1.29, 1.82) is 0 Å². The number of rotatable bonds is 9. The van der Waals surface area contributed by atoms with Gasteiger partial charge in [-0.3, -0.25) is 0 Å². The fourth-order valence-corrected chi connectivity index (χ4v) is 2.35. The monoisotopic (exact) mass is 276 g/mol. The van der Waals surface area contributed by atoms with Gasteiger partial charge in [0.15, 0.2) is 0 Å². The quantitative estimate of drug-likeness (QED) is 0.714. The maximum absolute atomic E-state index is 5.60. The number of aryl methyl sites for hydroxylation is 1. The Morgan fingerprint density at radius 3 is 2.85 bits per heavy atom. The molecule has 0 aliphatic heterocycles. The van der Waals surface area contributed by atoms with Crippen LogP contribution in [0, 0.1) is 0 Å². The smallest absolute Gasteiger partial charge is 0.0700 e. The molecule has 0 saturated heterocycles. The van der Waals surface area contributed by atoms with Gasteiger partial charge in [-0.25, -0.2) is 0 Å². The van der Waals surface area contributed by atoms with E-state index in [0.29, 0.717) is 19.8 Å². The lowest BCUT2D eigenvalue weighted by Crippen LogP contribution is -2.06. The van der Waals surface area contributed by atoms with E-state index in [2.05, 4.69) is 35.0 Å². The van der Waals surface area contributed by atoms with Crippen molar-refractivity contribution >= 4 is 10.9 Å². The number of ether oxygens (including phenoxy) is 2. The number of benzene rings is 1. The predicted molar refractivity (Wildman–Crippen MR) is 82.0 cm³/mol. The van der Waals surface area contributed by atoms with E-state index in [4.69, 9.17) is 15.2 Å². The highest BCUT2D eigenvalue weighted by Gasteiger charge is 2.02. The average Bonchev–Trinajstić information content (AvgIpc) is 2.86. The summed E-state index contributed by atoms with van der Waals surface area (Å²) in [6, 6.07) is 8.75. The fraction of sp³-hybridized carbons (Fsp3) is 0.500. The van der Waals surface area contributed by atoms with Gasteiger partial charge in [0, 0.05) is 32.0 Å². The van der Waals surface area contributed by atoms with Gasteiger partial charge in [0.05, 0.1) is 13.2 Å². The first-order chi connectivity index (χ1) is 9.85. The minimum atomic E-state index is 0.663. The molecule has 0 saturated carbocycles. The second-order valence-corrected chi connectivity index (χ2v) is 4.90. The van der Waals surface area contributed by atoms with Gasteiger partial charge in [0.1, 0.15) is 0 Å². The topological polar surface area (TPSA) is 49.4 Å². The van der Waals surface area contributed by atoms with E-state index in [1.54, 1.807) is 7.11 Å². The Bertz CT molecular complexity index is 522. The number of methoxy groups -OCH3 is 1. The second-order valence-electron chi connectivity index (χ2n) is 4.90. The number of hydrogen-bond donors (Lipinski definition) is 1. The Morgan fingerprint density at radius 2 is 2.05 bits per heavy atom. The molecule has 2 rings (SSSR count). The van der Waals surface area contributed by atoms with Crippen LogP contribution in [0.2, 0.25) is 0 Å². The van der Waals surface area contributed by atoms with Crippen LogP contribution < -0.4 is 5.73 Å². The molecule has 1 aromatic heterocycles. The van der Waals surface area contributed by atoms with Crippen LogP contribution in [0.5, 0.6) is 0 Å². The van der Waals surface area contributed by atoms with Gasteiger partial charge >= 0.3 is 0 Å². The SMILES string of the molecule is COCCOCCCn1ccc2cc(CCN)ccc21. The van der Waals surface area contributed by atoms with Gasteiger partial charge in [-0.05, 0) is 48.5 Å². The third kappa shape index (κ3) is 4.07. The molecule has 2 N–H and O–H groups in total. The summed E-state index contributed by atoms with van der Waals surface area (Å²) in [5.41, 5.74) is 8.18. The van der Waals surface area contributed by atoms with E-state index in [0.717, 1.165) is 26.0 Å². The molecule has 1 aromatic carbocycles. The summed E-state index contributed by atoms with van der Waals surface area (Å²) in [7, 11) is 1.69. The van der Waals surface area contributed by atoms with Crippen LogP contribution in [-0.4, -0.2) is 38.0 Å². The zero-order chi connectivity index (χ0) is 14.2. The van der Waals surface area contributed by atoms with Crippen LogP contribution in [0.3, 0.4) is 0 Å². The molecular weight excluding hydrogens is 252 g/mol. The van der Waals surface area contributed by atoms with E-state index >= 15 is 0 Å². The molecule has 1 heterocycles. The summed E-state index contributed by atoms with van der Waals surface area (Å²) in [6.07, 6.45) is 4.10. The minimum Gasteiger partial charge on any atom is -0.382 e. The van der Waals surface area contributed by atoms with E-state index in [9.17, 15) is 0 Å². The molecule has 0 radical (unpaired) electrons. The molecule has 110 valence electrons. The lowest BCUT2D eigenvalue weighted by Gasteiger charge is -2.07. The largest absolute Gasteiger partial charge is 0.382 e. The molecule has 0 bridgehead atoms. The number of aromatic nitrogens is 1. The van der Waals surface area contributed by atoms with Crippen molar-refractivity contribution in [2.24, 2.45) is 5.73 Å². The number of fused-ring (bicyclic) bond motifs is 1. The van der Waals surface area contributed by atoms with E-state index in [-0.39, 0.29) is 0 Å². The standard InChI is InChI=1S/C16H24N2O2/c1-19-11-12-20-10-2-8-18-9-6-15-13-14(5-7-17)3-4-16(15)18/h3-4,6,9,13H,2,5,7-8,10-12,17H2,1H3. The third-order valence-corrected chi connectivity index (χ3v) is 3.39. The first-order valence-corrected chi connectivity index (χ1v) is 7.19. The van der Waals surface area contributed by atoms with Crippen LogP contribution in [-0.2, 0) is 22.4 Å². The van der Waals surface area contributed by atoms with Gasteiger partial charge < -0.3 is 19.8 Å². The van der Waals surface area contributed by atoms with Gasteiger partial charge in [-0.1, -0.05) is 6.07 Å². The normalized spacial score (nSPS) is 11.3. The summed E-state index contributed by atoms with van der Waals surface area (Å²) in [6.45, 7) is 3.79. The van der Waals surface area contributed by atoms with Crippen molar-refractivity contribution in [3.63, 3.8) is 0 Å². The van der Waals surface area contributed by atoms with Crippen LogP contribution >= 0.6 is 0 Å². The number of nitrogens with zero attached hydrogens (tertiary/aromatic N) is 1. The molecule has 20 heavy (non-hydrogen) atoms. The number of nitrogens with two attached hydrogens (primary N) is 1. The highest BCUT2D eigenvalue weighted by atomic mass is 16.5. The van der Waals surface area contributed by atoms with Gasteiger partial charge in [0.25, 0.3) is 0 Å². The Balaban J connectivity index is 1.87. The van der Waals surface area contributed by atoms with Crippen LogP contribution in [0.15, 0.2) is 30.5 Å². The zero-order valence-corrected chi connectivity index (χ0v) is 12.2. The first-order valence-electron chi connectivity index (χ1n) is 7.19. The van der Waals surface area contributed by atoms with E-state index in [1.165, 1.54) is 16.5 Å². The summed E-state index contributed by atoms with van der Waals surface area (Å²) in [5.74, 6) is 0. The zero-order valence-electron chi connectivity index (χ0n) is 12.2. The maximum atomic E-state index is 5.60. The van der Waals surface area contributed by atoms with Crippen molar-refractivity contribution in [2.45, 2.75) is 19.4 Å². The third-order valence-electron chi connectivity index (χ3n) is 3.39. The molecule has 0 aliphatic rings. The molecule has 0 fully saturated rings. The van der Waals surface area contributed by atoms with E-state index in [1.807, 2.05) is 0 Å². The van der Waals surface area contributed by atoms with Crippen molar-refractivity contribution in [3.8, 4) is 0 Å². The average molecular weight is 276 g/mol. The van der Waals surface area contributed by atoms with Crippen molar-refractivity contribution in [1.82, 2.24) is 4.57 Å². The Morgan fingerprint density at radius 1 is 1.15 bits per heavy atom. The summed E-state index contributed by atoms with van der Waals surface area (Å²) < 4.78 is 12.7. The Labute approximate surface area is 120 Å². The summed E-state index contributed by atoms with van der Waals surface area (Å²) in [4.78, 5) is 0. The molecule has 0 unspecified atom stereocenters. The van der Waals surface area contributed by atoms with Gasteiger partial charge in [0.2, 0.25) is 0 Å². The van der Waals surface area contributed by atoms with Gasteiger partial charge in [-0.2, -0.15) is 0 Å². The number of hydrogen-bond acceptors (Lipinski definition) is 3. The molecule has 0 aliphatic carbocycles. The molecule has 4 nitrogen and oxygen atoms in total. The van der Waals surface area contributed by atoms with Crippen LogP contribution in [0.25, 0.3) is 10.9 Å². The maximum Gasteiger partial charge on any atom is 0.0700 e. The molecule has 0 atom stereocenters. The van der Waals surface area contributed by atoms with Gasteiger partial charge in [-0.15, -0.1) is 0 Å². The molecular formula is C16H24N2O2. The van der Waals surface area contributed by atoms with Crippen LogP contribution in [0.1, 0.15) is 12.0 Å².